The van der Waals surface area contributed by atoms with Crippen LogP contribution in [0.2, 0.25) is 0 Å². The molecule has 3 aromatic rings. The Hall–Kier alpha value is -2.90. The molecule has 1 amide bonds. The second kappa shape index (κ2) is 8.45. The minimum absolute atomic E-state index is 0.0809. The molecule has 156 valence electrons. The van der Waals surface area contributed by atoms with Crippen LogP contribution in [0.5, 0.6) is 5.75 Å². The normalized spacial score (nSPS) is 14.4. The molecular weight excluding hydrogens is 400 g/mol. The van der Waals surface area contributed by atoms with Gasteiger partial charge in [-0.3, -0.25) is 4.79 Å². The van der Waals surface area contributed by atoms with Crippen molar-refractivity contribution in [3.8, 4) is 5.75 Å². The van der Waals surface area contributed by atoms with Crippen molar-refractivity contribution in [1.29, 1.82) is 0 Å². The summed E-state index contributed by atoms with van der Waals surface area (Å²) in [5.74, 6) is 0.806. The molecule has 30 heavy (non-hydrogen) atoms. The van der Waals surface area contributed by atoms with Crippen LogP contribution in [0.25, 0.3) is 10.8 Å². The van der Waals surface area contributed by atoms with E-state index in [2.05, 4.69) is 4.72 Å². The number of rotatable bonds is 7. The van der Waals surface area contributed by atoms with Crippen LogP contribution in [0.4, 0.5) is 5.69 Å². The van der Waals surface area contributed by atoms with Gasteiger partial charge in [-0.1, -0.05) is 36.4 Å². The molecule has 1 saturated heterocycles. The van der Waals surface area contributed by atoms with Gasteiger partial charge in [0.25, 0.3) is 0 Å². The van der Waals surface area contributed by atoms with Gasteiger partial charge >= 0.3 is 0 Å². The molecule has 0 spiro atoms. The summed E-state index contributed by atoms with van der Waals surface area (Å²) in [7, 11) is -3.67. The number of anilines is 1. The predicted octanol–water partition coefficient (Wildman–Crippen LogP) is 3.63. The number of carbonyl (C=O) groups excluding carboxylic acids is 1. The summed E-state index contributed by atoms with van der Waals surface area (Å²) in [6, 6.07) is 18.5. The molecule has 0 saturated carbocycles. The van der Waals surface area contributed by atoms with Gasteiger partial charge in [0.2, 0.25) is 15.9 Å². The molecule has 7 heteroatoms. The summed E-state index contributed by atoms with van der Waals surface area (Å²) in [6.07, 6.45) is 1.37. The van der Waals surface area contributed by atoms with Crippen molar-refractivity contribution < 1.29 is 17.9 Å². The van der Waals surface area contributed by atoms with Crippen LogP contribution in [0, 0.1) is 6.92 Å². The van der Waals surface area contributed by atoms with E-state index in [9.17, 15) is 13.2 Å². The highest BCUT2D eigenvalue weighted by Crippen LogP contribution is 2.27. The number of hydrogen-bond donors (Lipinski definition) is 1. The molecule has 0 aromatic heterocycles. The predicted molar refractivity (Wildman–Crippen MR) is 117 cm³/mol. The Balaban J connectivity index is 1.39. The molecule has 1 fully saturated rings. The molecule has 6 nitrogen and oxygen atoms in total. The Kier molecular flexibility index (Phi) is 5.74. The first-order valence-electron chi connectivity index (χ1n) is 9.97. The first-order valence-corrected chi connectivity index (χ1v) is 11.5. The smallest absolute Gasteiger partial charge is 0.240 e. The first-order chi connectivity index (χ1) is 14.5. The molecule has 0 aliphatic carbocycles. The third-order valence-corrected chi connectivity index (χ3v) is 6.70. The maximum Gasteiger partial charge on any atom is 0.240 e. The van der Waals surface area contributed by atoms with Crippen LogP contribution in [-0.4, -0.2) is 34.0 Å². The van der Waals surface area contributed by atoms with Crippen molar-refractivity contribution in [2.75, 3.05) is 24.6 Å². The standard InChI is InChI=1S/C23H24N2O4S/c1-17-16-19(11-12-21(17)25-14-5-10-23(25)26)30(27,28)24-13-15-29-22-9-4-7-18-6-2-3-8-20(18)22/h2-4,6-9,11-12,16,24H,5,10,13-15H2,1H3. The summed E-state index contributed by atoms with van der Waals surface area (Å²) in [5.41, 5.74) is 1.54. The molecule has 1 aliphatic rings. The zero-order valence-corrected chi connectivity index (χ0v) is 17.6. The fourth-order valence-corrected chi connectivity index (χ4v) is 4.84. The van der Waals surface area contributed by atoms with E-state index in [1.54, 1.807) is 23.1 Å². The van der Waals surface area contributed by atoms with Crippen molar-refractivity contribution >= 4 is 32.4 Å². The highest BCUT2D eigenvalue weighted by atomic mass is 32.2. The summed E-state index contributed by atoms with van der Waals surface area (Å²) >= 11 is 0. The van der Waals surface area contributed by atoms with Crippen LogP contribution in [-0.2, 0) is 14.8 Å². The molecule has 1 aliphatic heterocycles. The molecule has 4 rings (SSSR count). The van der Waals surface area contributed by atoms with Crippen molar-refractivity contribution in [3.63, 3.8) is 0 Å². The lowest BCUT2D eigenvalue weighted by molar-refractivity contribution is -0.117. The highest BCUT2D eigenvalue weighted by Gasteiger charge is 2.24. The fraction of sp³-hybridized carbons (Fsp3) is 0.261. The lowest BCUT2D eigenvalue weighted by Crippen LogP contribution is -2.29. The van der Waals surface area contributed by atoms with Gasteiger partial charge in [0.05, 0.1) is 4.90 Å². The number of benzene rings is 3. The van der Waals surface area contributed by atoms with Crippen LogP contribution in [0.1, 0.15) is 18.4 Å². The van der Waals surface area contributed by atoms with E-state index in [1.165, 1.54) is 0 Å². The fourth-order valence-electron chi connectivity index (χ4n) is 3.74. The van der Waals surface area contributed by atoms with E-state index in [4.69, 9.17) is 4.74 Å². The number of sulfonamides is 1. The minimum atomic E-state index is -3.67. The van der Waals surface area contributed by atoms with Gasteiger partial charge in [-0.25, -0.2) is 13.1 Å². The third kappa shape index (κ3) is 4.17. The lowest BCUT2D eigenvalue weighted by Gasteiger charge is -2.19. The number of nitrogens with zero attached hydrogens (tertiary/aromatic N) is 1. The Morgan fingerprint density at radius 3 is 2.63 bits per heavy atom. The molecule has 0 bridgehead atoms. The summed E-state index contributed by atoms with van der Waals surface area (Å²) in [6.45, 7) is 2.86. The Labute approximate surface area is 176 Å². The number of fused-ring (bicyclic) bond motifs is 1. The number of aryl methyl sites for hydroxylation is 1. The third-order valence-electron chi connectivity index (χ3n) is 5.24. The first kappa shape index (κ1) is 20.4. The second-order valence-electron chi connectivity index (χ2n) is 7.32. The van der Waals surface area contributed by atoms with E-state index >= 15 is 0 Å². The summed E-state index contributed by atoms with van der Waals surface area (Å²) in [5, 5.41) is 2.06. The van der Waals surface area contributed by atoms with Crippen molar-refractivity contribution in [3.05, 3.63) is 66.2 Å². The average molecular weight is 425 g/mol. The zero-order chi connectivity index (χ0) is 21.1. The van der Waals surface area contributed by atoms with Gasteiger partial charge in [-0.2, -0.15) is 0 Å². The maximum atomic E-state index is 12.7. The molecule has 0 unspecified atom stereocenters. The van der Waals surface area contributed by atoms with Gasteiger partial charge in [0.15, 0.2) is 0 Å². The Morgan fingerprint density at radius 2 is 1.87 bits per heavy atom. The maximum absolute atomic E-state index is 12.7. The number of ether oxygens (including phenoxy) is 1. The lowest BCUT2D eigenvalue weighted by atomic mass is 10.1. The summed E-state index contributed by atoms with van der Waals surface area (Å²) < 4.78 is 33.7. The molecular formula is C23H24N2O4S. The highest BCUT2D eigenvalue weighted by molar-refractivity contribution is 7.89. The van der Waals surface area contributed by atoms with Gasteiger partial charge < -0.3 is 9.64 Å². The van der Waals surface area contributed by atoms with E-state index in [0.29, 0.717) is 13.0 Å². The number of amides is 1. The van der Waals surface area contributed by atoms with Gasteiger partial charge in [0.1, 0.15) is 12.4 Å². The monoisotopic (exact) mass is 424 g/mol. The van der Waals surface area contributed by atoms with Gasteiger partial charge in [-0.15, -0.1) is 0 Å². The molecule has 1 N–H and O–H groups in total. The van der Waals surface area contributed by atoms with Crippen LogP contribution in [0.3, 0.4) is 0 Å². The van der Waals surface area contributed by atoms with Crippen molar-refractivity contribution in [2.24, 2.45) is 0 Å². The largest absolute Gasteiger partial charge is 0.492 e. The summed E-state index contributed by atoms with van der Waals surface area (Å²) in [4.78, 5) is 13.9. The van der Waals surface area contributed by atoms with E-state index < -0.39 is 10.0 Å². The zero-order valence-electron chi connectivity index (χ0n) is 16.8. The van der Waals surface area contributed by atoms with E-state index in [-0.39, 0.29) is 24.0 Å². The number of carbonyl (C=O) groups is 1. The average Bonchev–Trinajstić information content (AvgIpc) is 3.17. The number of hydrogen-bond acceptors (Lipinski definition) is 4. The SMILES string of the molecule is Cc1cc(S(=O)(=O)NCCOc2cccc3ccccc23)ccc1N1CCCC1=O. The minimum Gasteiger partial charge on any atom is -0.492 e. The Morgan fingerprint density at radius 1 is 1.07 bits per heavy atom. The quantitative estimate of drug-likeness (QED) is 0.588. The van der Waals surface area contributed by atoms with Crippen molar-refractivity contribution in [2.45, 2.75) is 24.7 Å². The molecule has 0 atom stereocenters. The van der Waals surface area contributed by atoms with Gasteiger partial charge in [0, 0.05) is 30.6 Å². The van der Waals surface area contributed by atoms with Crippen molar-refractivity contribution in [1.82, 2.24) is 4.72 Å². The molecule has 1 heterocycles. The number of nitrogens with one attached hydrogen (secondary N) is 1. The molecule has 3 aromatic carbocycles. The van der Waals surface area contributed by atoms with Crippen LogP contribution < -0.4 is 14.4 Å². The van der Waals surface area contributed by atoms with E-state index in [0.717, 1.165) is 34.2 Å². The van der Waals surface area contributed by atoms with Crippen LogP contribution in [0.15, 0.2) is 65.6 Å². The topological polar surface area (TPSA) is 75.7 Å². The van der Waals surface area contributed by atoms with E-state index in [1.807, 2.05) is 49.4 Å². The Bertz CT molecular complexity index is 1190. The second-order valence-corrected chi connectivity index (χ2v) is 9.09. The van der Waals surface area contributed by atoms with Crippen LogP contribution >= 0.6 is 0 Å². The molecule has 0 radical (unpaired) electrons. The van der Waals surface area contributed by atoms with Gasteiger partial charge in [-0.05, 0) is 48.6 Å².